The van der Waals surface area contributed by atoms with Crippen LogP contribution in [-0.4, -0.2) is 43.0 Å². The van der Waals surface area contributed by atoms with Gasteiger partial charge in [-0.2, -0.15) is 0 Å². The topological polar surface area (TPSA) is 81.0 Å². The lowest BCUT2D eigenvalue weighted by Gasteiger charge is -2.30. The summed E-state index contributed by atoms with van der Waals surface area (Å²) in [5, 5.41) is 3.44. The van der Waals surface area contributed by atoms with E-state index in [2.05, 4.69) is 5.32 Å². The number of hydrogen-bond acceptors (Lipinski definition) is 5. The molecule has 0 radical (unpaired) electrons. The van der Waals surface area contributed by atoms with E-state index in [4.69, 9.17) is 25.5 Å². The SMILES string of the molecule is O=C(NCc1cc(Cl)c2c(c1)OCCO2)C1CCN(C(=O)c2ccco2)CC1. The Bertz CT molecular complexity index is 860. The molecule has 7 nitrogen and oxygen atoms in total. The number of nitrogens with zero attached hydrogens (tertiary/aromatic N) is 1. The Morgan fingerprint density at radius 1 is 1.18 bits per heavy atom. The number of carbonyl (C=O) groups is 2. The van der Waals surface area contributed by atoms with Gasteiger partial charge in [-0.3, -0.25) is 9.59 Å². The largest absolute Gasteiger partial charge is 0.486 e. The minimum absolute atomic E-state index is 0.0175. The highest BCUT2D eigenvalue weighted by atomic mass is 35.5. The summed E-state index contributed by atoms with van der Waals surface area (Å²) in [6.45, 7) is 2.39. The van der Waals surface area contributed by atoms with E-state index >= 15 is 0 Å². The molecular weight excluding hydrogens is 384 g/mol. The minimum atomic E-state index is -0.130. The van der Waals surface area contributed by atoms with Gasteiger partial charge in [0.2, 0.25) is 5.91 Å². The molecule has 0 atom stereocenters. The average molecular weight is 405 g/mol. The Labute approximate surface area is 167 Å². The number of rotatable bonds is 4. The number of piperidine rings is 1. The van der Waals surface area contributed by atoms with Gasteiger partial charge in [0.1, 0.15) is 13.2 Å². The molecule has 0 bridgehead atoms. The van der Waals surface area contributed by atoms with Crippen LogP contribution < -0.4 is 14.8 Å². The number of fused-ring (bicyclic) bond motifs is 1. The molecule has 1 saturated heterocycles. The number of carbonyl (C=O) groups excluding carboxylic acids is 2. The fourth-order valence-corrected chi connectivity index (χ4v) is 3.79. The van der Waals surface area contributed by atoms with Crippen molar-refractivity contribution in [3.8, 4) is 11.5 Å². The van der Waals surface area contributed by atoms with Crippen molar-refractivity contribution >= 4 is 23.4 Å². The molecule has 1 aromatic carbocycles. The zero-order valence-corrected chi connectivity index (χ0v) is 16.0. The molecule has 2 aromatic rings. The number of ether oxygens (including phenoxy) is 2. The van der Waals surface area contributed by atoms with Gasteiger partial charge in [0.05, 0.1) is 11.3 Å². The molecule has 1 aromatic heterocycles. The van der Waals surface area contributed by atoms with E-state index < -0.39 is 0 Å². The lowest BCUT2D eigenvalue weighted by Crippen LogP contribution is -2.42. The minimum Gasteiger partial charge on any atom is -0.486 e. The summed E-state index contributed by atoms with van der Waals surface area (Å²) in [4.78, 5) is 26.5. The Hall–Kier alpha value is -2.67. The summed E-state index contributed by atoms with van der Waals surface area (Å²) in [6.07, 6.45) is 2.73. The van der Waals surface area contributed by atoms with Crippen molar-refractivity contribution in [2.45, 2.75) is 19.4 Å². The molecule has 1 fully saturated rings. The van der Waals surface area contributed by atoms with Crippen LogP contribution in [0, 0.1) is 5.92 Å². The molecule has 0 unspecified atom stereocenters. The van der Waals surface area contributed by atoms with Crippen molar-refractivity contribution in [1.29, 1.82) is 0 Å². The Kier molecular flexibility index (Phi) is 5.43. The Morgan fingerprint density at radius 2 is 1.96 bits per heavy atom. The molecule has 1 N–H and O–H groups in total. The quantitative estimate of drug-likeness (QED) is 0.847. The number of benzene rings is 1. The molecule has 2 aliphatic rings. The fourth-order valence-electron chi connectivity index (χ4n) is 3.50. The first-order valence-corrected chi connectivity index (χ1v) is 9.68. The maximum Gasteiger partial charge on any atom is 0.289 e. The second kappa shape index (κ2) is 8.14. The first kappa shape index (κ1) is 18.7. The summed E-state index contributed by atoms with van der Waals surface area (Å²) in [5.41, 5.74) is 0.855. The second-order valence-electron chi connectivity index (χ2n) is 6.86. The highest BCUT2D eigenvalue weighted by Crippen LogP contribution is 2.38. The van der Waals surface area contributed by atoms with Crippen LogP contribution in [0.3, 0.4) is 0 Å². The summed E-state index contributed by atoms with van der Waals surface area (Å²) in [6, 6.07) is 6.96. The molecule has 0 saturated carbocycles. The van der Waals surface area contributed by atoms with Gasteiger partial charge in [-0.1, -0.05) is 11.6 Å². The first-order chi connectivity index (χ1) is 13.6. The lowest BCUT2D eigenvalue weighted by atomic mass is 9.95. The van der Waals surface area contributed by atoms with Crippen LogP contribution >= 0.6 is 11.6 Å². The van der Waals surface area contributed by atoms with Gasteiger partial charge in [0.25, 0.3) is 5.91 Å². The lowest BCUT2D eigenvalue weighted by molar-refractivity contribution is -0.126. The molecule has 0 spiro atoms. The van der Waals surface area contributed by atoms with Crippen LogP contribution in [0.4, 0.5) is 0 Å². The molecular formula is C20H21ClN2O5. The van der Waals surface area contributed by atoms with Crippen molar-refractivity contribution in [2.24, 2.45) is 5.92 Å². The molecule has 4 rings (SSSR count). The van der Waals surface area contributed by atoms with E-state index in [0.717, 1.165) is 5.56 Å². The molecule has 2 aliphatic heterocycles. The number of halogens is 1. The number of likely N-dealkylation sites (tertiary alicyclic amines) is 1. The maximum absolute atomic E-state index is 12.5. The highest BCUT2D eigenvalue weighted by molar-refractivity contribution is 6.32. The van der Waals surface area contributed by atoms with Crippen molar-refractivity contribution in [3.63, 3.8) is 0 Å². The predicted molar refractivity (Wildman–Crippen MR) is 102 cm³/mol. The van der Waals surface area contributed by atoms with Gasteiger partial charge in [-0.25, -0.2) is 0 Å². The zero-order chi connectivity index (χ0) is 19.5. The van der Waals surface area contributed by atoms with Gasteiger partial charge in [-0.15, -0.1) is 0 Å². The van der Waals surface area contributed by atoms with Gasteiger partial charge in [0, 0.05) is 25.6 Å². The van der Waals surface area contributed by atoms with Crippen molar-refractivity contribution < 1.29 is 23.5 Å². The van der Waals surface area contributed by atoms with Crippen molar-refractivity contribution in [1.82, 2.24) is 10.2 Å². The fraction of sp³-hybridized carbons (Fsp3) is 0.400. The Morgan fingerprint density at radius 3 is 2.71 bits per heavy atom. The Balaban J connectivity index is 1.29. The standard InChI is InChI=1S/C20H21ClN2O5/c21-15-10-13(11-17-18(15)28-9-8-27-17)12-22-19(24)14-3-5-23(6-4-14)20(25)16-2-1-7-26-16/h1-2,7,10-11,14H,3-6,8-9,12H2,(H,22,24). The number of nitrogens with one attached hydrogen (secondary N) is 1. The molecule has 8 heteroatoms. The summed E-state index contributed by atoms with van der Waals surface area (Å²) < 4.78 is 16.2. The average Bonchev–Trinajstić information content (AvgIpc) is 3.26. The smallest absolute Gasteiger partial charge is 0.289 e. The van der Waals surface area contributed by atoms with Gasteiger partial charge >= 0.3 is 0 Å². The predicted octanol–water partition coefficient (Wildman–Crippen LogP) is 2.87. The van der Waals surface area contributed by atoms with Crippen LogP contribution in [0.5, 0.6) is 11.5 Å². The molecule has 2 amide bonds. The van der Waals surface area contributed by atoms with Crippen LogP contribution in [0.1, 0.15) is 29.0 Å². The van der Waals surface area contributed by atoms with Crippen LogP contribution in [0.15, 0.2) is 34.9 Å². The van der Waals surface area contributed by atoms with Gasteiger partial charge < -0.3 is 24.1 Å². The second-order valence-corrected chi connectivity index (χ2v) is 7.27. The summed E-state index contributed by atoms with van der Waals surface area (Å²) in [5.74, 6) is 1.22. The van der Waals surface area contributed by atoms with E-state index in [1.807, 2.05) is 6.07 Å². The molecule has 148 valence electrons. The van der Waals surface area contributed by atoms with E-state index in [1.165, 1.54) is 6.26 Å². The van der Waals surface area contributed by atoms with E-state index in [9.17, 15) is 9.59 Å². The normalized spacial score (nSPS) is 16.7. The van der Waals surface area contributed by atoms with E-state index in [1.54, 1.807) is 23.1 Å². The first-order valence-electron chi connectivity index (χ1n) is 9.30. The van der Waals surface area contributed by atoms with Crippen LogP contribution in [0.2, 0.25) is 5.02 Å². The van der Waals surface area contributed by atoms with Gasteiger partial charge in [0.15, 0.2) is 17.3 Å². The highest BCUT2D eigenvalue weighted by Gasteiger charge is 2.28. The molecule has 3 heterocycles. The van der Waals surface area contributed by atoms with Crippen molar-refractivity contribution in [2.75, 3.05) is 26.3 Å². The van der Waals surface area contributed by atoms with Gasteiger partial charge in [-0.05, 0) is 42.7 Å². The molecule has 0 aliphatic carbocycles. The van der Waals surface area contributed by atoms with E-state index in [-0.39, 0.29) is 17.7 Å². The van der Waals surface area contributed by atoms with Crippen LogP contribution in [-0.2, 0) is 11.3 Å². The van der Waals surface area contributed by atoms with Crippen molar-refractivity contribution in [3.05, 3.63) is 46.9 Å². The molecule has 28 heavy (non-hydrogen) atoms. The third kappa shape index (κ3) is 3.94. The van der Waals surface area contributed by atoms with E-state index in [0.29, 0.717) is 68.0 Å². The number of amides is 2. The number of furan rings is 1. The van der Waals surface area contributed by atoms with Crippen LogP contribution in [0.25, 0.3) is 0 Å². The summed E-state index contributed by atoms with van der Waals surface area (Å²) in [7, 11) is 0. The maximum atomic E-state index is 12.5. The number of hydrogen-bond donors (Lipinski definition) is 1. The third-order valence-corrected chi connectivity index (χ3v) is 5.29. The monoisotopic (exact) mass is 404 g/mol. The zero-order valence-electron chi connectivity index (χ0n) is 15.3. The third-order valence-electron chi connectivity index (χ3n) is 5.01. The summed E-state index contributed by atoms with van der Waals surface area (Å²) >= 11 is 6.24.